The zero-order valence-corrected chi connectivity index (χ0v) is 19.9. The van der Waals surface area contributed by atoms with Gasteiger partial charge in [0.2, 0.25) is 5.91 Å². The van der Waals surface area contributed by atoms with Crippen molar-refractivity contribution in [1.82, 2.24) is 15.5 Å². The standard InChI is InChI=1S/C27H27ClF3N3O/c28-21-6-3-4-18(12-21)16-34-17-23(33-15-20-8-9-22(29)13-25(20)31)14-26(34)27(35)32-11-10-19-5-1-2-7-24(19)30/h1-9,12-13,23,26,33H,10-11,14-17H2,(H,32,35)/t23-,26-/m0/s1. The number of nitrogens with zero attached hydrogens (tertiary/aromatic N) is 1. The van der Waals surface area contributed by atoms with Crippen molar-refractivity contribution in [3.63, 3.8) is 0 Å². The smallest absolute Gasteiger partial charge is 0.237 e. The number of rotatable bonds is 9. The number of nitrogens with one attached hydrogen (secondary N) is 2. The van der Waals surface area contributed by atoms with Crippen LogP contribution in [-0.4, -0.2) is 36.0 Å². The highest BCUT2D eigenvalue weighted by Crippen LogP contribution is 2.23. The molecule has 0 spiro atoms. The van der Waals surface area contributed by atoms with E-state index in [9.17, 15) is 18.0 Å². The van der Waals surface area contributed by atoms with Crippen LogP contribution in [0.15, 0.2) is 66.7 Å². The van der Waals surface area contributed by atoms with Crippen molar-refractivity contribution in [3.05, 3.63) is 106 Å². The van der Waals surface area contributed by atoms with Gasteiger partial charge in [-0.1, -0.05) is 48.0 Å². The molecule has 1 aliphatic heterocycles. The van der Waals surface area contributed by atoms with Crippen LogP contribution in [0.3, 0.4) is 0 Å². The summed E-state index contributed by atoms with van der Waals surface area (Å²) in [6.45, 7) is 1.64. The van der Waals surface area contributed by atoms with E-state index in [2.05, 4.69) is 15.5 Å². The van der Waals surface area contributed by atoms with Crippen LogP contribution >= 0.6 is 11.6 Å². The van der Waals surface area contributed by atoms with Gasteiger partial charge in [0.1, 0.15) is 17.5 Å². The zero-order chi connectivity index (χ0) is 24.8. The molecule has 0 saturated carbocycles. The molecule has 0 radical (unpaired) electrons. The van der Waals surface area contributed by atoms with Gasteiger partial charge >= 0.3 is 0 Å². The summed E-state index contributed by atoms with van der Waals surface area (Å²) in [5, 5.41) is 6.85. The molecule has 0 aliphatic carbocycles. The number of hydrogen-bond acceptors (Lipinski definition) is 3. The molecule has 1 amide bonds. The summed E-state index contributed by atoms with van der Waals surface area (Å²) in [5.41, 5.74) is 1.90. The van der Waals surface area contributed by atoms with Crippen LogP contribution in [0.5, 0.6) is 0 Å². The van der Waals surface area contributed by atoms with E-state index in [-0.39, 0.29) is 24.3 Å². The molecule has 8 heteroatoms. The fraction of sp³-hybridized carbons (Fsp3) is 0.296. The fourth-order valence-corrected chi connectivity index (χ4v) is 4.64. The molecular weight excluding hydrogens is 475 g/mol. The molecule has 2 atom stereocenters. The van der Waals surface area contributed by atoms with Crippen molar-refractivity contribution >= 4 is 17.5 Å². The van der Waals surface area contributed by atoms with Crippen LogP contribution in [0, 0.1) is 17.5 Å². The van der Waals surface area contributed by atoms with Crippen molar-refractivity contribution in [2.45, 2.75) is 38.0 Å². The highest BCUT2D eigenvalue weighted by Gasteiger charge is 2.36. The monoisotopic (exact) mass is 501 g/mol. The Balaban J connectivity index is 1.40. The van der Waals surface area contributed by atoms with Crippen molar-refractivity contribution < 1.29 is 18.0 Å². The highest BCUT2D eigenvalue weighted by atomic mass is 35.5. The largest absolute Gasteiger partial charge is 0.354 e. The highest BCUT2D eigenvalue weighted by molar-refractivity contribution is 6.30. The maximum Gasteiger partial charge on any atom is 0.237 e. The van der Waals surface area contributed by atoms with Crippen LogP contribution in [0.25, 0.3) is 0 Å². The molecule has 1 heterocycles. The van der Waals surface area contributed by atoms with Crippen molar-refractivity contribution in [3.8, 4) is 0 Å². The Morgan fingerprint density at radius 3 is 2.57 bits per heavy atom. The lowest BCUT2D eigenvalue weighted by molar-refractivity contribution is -0.125. The second kappa shape index (κ2) is 11.7. The van der Waals surface area contributed by atoms with E-state index in [4.69, 9.17) is 11.6 Å². The molecule has 3 aromatic carbocycles. The number of halogens is 4. The van der Waals surface area contributed by atoms with Crippen LogP contribution in [0.1, 0.15) is 23.1 Å². The predicted octanol–water partition coefficient (Wildman–Crippen LogP) is 4.85. The van der Waals surface area contributed by atoms with Crippen LogP contribution in [0.2, 0.25) is 5.02 Å². The molecule has 1 fully saturated rings. The molecule has 0 aromatic heterocycles. The van der Waals surface area contributed by atoms with Gasteiger partial charge < -0.3 is 10.6 Å². The third-order valence-corrected chi connectivity index (χ3v) is 6.46. The number of carbonyl (C=O) groups is 1. The van der Waals surface area contributed by atoms with Crippen molar-refractivity contribution in [1.29, 1.82) is 0 Å². The van der Waals surface area contributed by atoms with Gasteiger partial charge in [-0.05, 0) is 48.2 Å². The van der Waals surface area contributed by atoms with Gasteiger partial charge in [0, 0.05) is 48.9 Å². The quantitative estimate of drug-likeness (QED) is 0.440. The first kappa shape index (κ1) is 25.2. The molecule has 0 bridgehead atoms. The minimum atomic E-state index is -0.619. The first-order valence-electron chi connectivity index (χ1n) is 11.6. The minimum Gasteiger partial charge on any atom is -0.354 e. The lowest BCUT2D eigenvalue weighted by Crippen LogP contribution is -2.43. The van der Waals surface area contributed by atoms with E-state index >= 15 is 0 Å². The summed E-state index contributed by atoms with van der Waals surface area (Å²) in [7, 11) is 0. The summed E-state index contributed by atoms with van der Waals surface area (Å²) in [5.74, 6) is -1.65. The minimum absolute atomic E-state index is 0.0686. The van der Waals surface area contributed by atoms with Gasteiger partial charge in [-0.2, -0.15) is 0 Å². The molecule has 184 valence electrons. The number of benzene rings is 3. The second-order valence-corrected chi connectivity index (χ2v) is 9.19. The average Bonchev–Trinajstić information content (AvgIpc) is 3.22. The maximum atomic E-state index is 14.0. The third-order valence-electron chi connectivity index (χ3n) is 6.23. The van der Waals surface area contributed by atoms with Gasteiger partial charge in [0.05, 0.1) is 6.04 Å². The van der Waals surface area contributed by atoms with Gasteiger partial charge in [0.15, 0.2) is 0 Å². The fourth-order valence-electron chi connectivity index (χ4n) is 4.43. The molecule has 1 aliphatic rings. The lowest BCUT2D eigenvalue weighted by atomic mass is 10.1. The molecule has 3 aromatic rings. The third kappa shape index (κ3) is 6.84. The van der Waals surface area contributed by atoms with Gasteiger partial charge in [0.25, 0.3) is 0 Å². The van der Waals surface area contributed by atoms with E-state index < -0.39 is 17.7 Å². The van der Waals surface area contributed by atoms with Gasteiger partial charge in [-0.25, -0.2) is 13.2 Å². The normalized spacial score (nSPS) is 18.1. The number of amides is 1. The van der Waals surface area contributed by atoms with Crippen molar-refractivity contribution in [2.24, 2.45) is 0 Å². The molecule has 4 rings (SSSR count). The molecule has 0 unspecified atom stereocenters. The average molecular weight is 502 g/mol. The van der Waals surface area contributed by atoms with Crippen molar-refractivity contribution in [2.75, 3.05) is 13.1 Å². The first-order valence-corrected chi connectivity index (χ1v) is 11.9. The van der Waals surface area contributed by atoms with Gasteiger partial charge in [-0.3, -0.25) is 9.69 Å². The van der Waals surface area contributed by atoms with E-state index in [0.29, 0.717) is 48.6 Å². The Morgan fingerprint density at radius 1 is 0.971 bits per heavy atom. The van der Waals surface area contributed by atoms with Gasteiger partial charge in [-0.15, -0.1) is 0 Å². The summed E-state index contributed by atoms with van der Waals surface area (Å²) >= 11 is 6.14. The van der Waals surface area contributed by atoms with Crippen LogP contribution in [-0.2, 0) is 24.3 Å². The molecule has 1 saturated heterocycles. The Labute approximate surface area is 208 Å². The zero-order valence-electron chi connectivity index (χ0n) is 19.1. The Hall–Kier alpha value is -2.87. The summed E-state index contributed by atoms with van der Waals surface area (Å²) in [4.78, 5) is 15.2. The van der Waals surface area contributed by atoms with Crippen LogP contribution in [0.4, 0.5) is 13.2 Å². The maximum absolute atomic E-state index is 14.0. The summed E-state index contributed by atoms with van der Waals surface area (Å²) < 4.78 is 41.1. The molecule has 2 N–H and O–H groups in total. The topological polar surface area (TPSA) is 44.4 Å². The lowest BCUT2D eigenvalue weighted by Gasteiger charge is -2.23. The Morgan fingerprint density at radius 2 is 1.80 bits per heavy atom. The predicted molar refractivity (Wildman–Crippen MR) is 130 cm³/mol. The summed E-state index contributed by atoms with van der Waals surface area (Å²) in [6, 6.07) is 17.0. The first-order chi connectivity index (χ1) is 16.9. The Bertz CT molecular complexity index is 1180. The van der Waals surface area contributed by atoms with E-state index in [1.54, 1.807) is 24.3 Å². The van der Waals surface area contributed by atoms with E-state index in [0.717, 1.165) is 11.6 Å². The van der Waals surface area contributed by atoms with E-state index in [1.807, 2.05) is 18.2 Å². The number of carbonyl (C=O) groups excluding carboxylic acids is 1. The molecule has 4 nitrogen and oxygen atoms in total. The Kier molecular flexibility index (Phi) is 8.44. The second-order valence-electron chi connectivity index (χ2n) is 8.76. The number of hydrogen-bond donors (Lipinski definition) is 2. The molecular formula is C27H27ClF3N3O. The molecule has 35 heavy (non-hydrogen) atoms. The van der Waals surface area contributed by atoms with E-state index in [1.165, 1.54) is 18.2 Å². The number of likely N-dealkylation sites (tertiary alicyclic amines) is 1. The SMILES string of the molecule is O=C(NCCc1ccccc1F)[C@@H]1C[C@H](NCc2ccc(F)cc2F)CN1Cc1cccc(Cl)c1. The summed E-state index contributed by atoms with van der Waals surface area (Å²) in [6.07, 6.45) is 0.917. The van der Waals surface area contributed by atoms with Crippen LogP contribution < -0.4 is 10.6 Å².